The molecule has 0 aliphatic carbocycles. The fourth-order valence-corrected chi connectivity index (χ4v) is 1.42. The third-order valence-electron chi connectivity index (χ3n) is 2.13. The smallest absolute Gasteiger partial charge is 0.0702 e. The zero-order valence-corrected chi connectivity index (χ0v) is 8.43. The van der Waals surface area contributed by atoms with Crippen LogP contribution in [0.1, 0.15) is 5.56 Å². The molecule has 0 amide bonds. The van der Waals surface area contributed by atoms with E-state index in [-0.39, 0.29) is 0 Å². The second-order valence-electron chi connectivity index (χ2n) is 3.28. The molecule has 0 saturated heterocycles. The molecule has 15 heavy (non-hydrogen) atoms. The lowest BCUT2D eigenvalue weighted by Gasteiger charge is -1.97. The lowest BCUT2D eigenvalue weighted by molar-refractivity contribution is 0.981. The topological polar surface area (TPSA) is 51.3 Å². The maximum atomic E-state index is 5.36. The summed E-state index contributed by atoms with van der Waals surface area (Å²) >= 11 is 0. The van der Waals surface area contributed by atoms with Gasteiger partial charge in [0.15, 0.2) is 0 Å². The van der Waals surface area contributed by atoms with Crippen LogP contribution < -0.4 is 5.73 Å². The second-order valence-corrected chi connectivity index (χ2v) is 3.28. The number of nitrogens with two attached hydrogens (primary N) is 1. The number of rotatable bonds is 3. The van der Waals surface area contributed by atoms with Crippen LogP contribution in [0.3, 0.4) is 0 Å². The van der Waals surface area contributed by atoms with Crippen molar-refractivity contribution < 1.29 is 0 Å². The maximum absolute atomic E-state index is 5.36. The highest BCUT2D eigenvalue weighted by molar-refractivity contribution is 5.88. The van der Waals surface area contributed by atoms with Gasteiger partial charge in [0.05, 0.1) is 12.1 Å². The fraction of sp³-hybridized carbons (Fsp3) is 0.167. The highest BCUT2D eigenvalue weighted by Gasteiger charge is 1.93. The average Bonchev–Trinajstić information content (AvgIpc) is 2.29. The minimum Gasteiger partial charge on any atom is -0.329 e. The Morgan fingerprint density at radius 2 is 2.27 bits per heavy atom. The van der Waals surface area contributed by atoms with Gasteiger partial charge in [-0.15, -0.1) is 0 Å². The number of aromatic nitrogens is 1. The number of benzene rings is 1. The molecule has 76 valence electrons. The van der Waals surface area contributed by atoms with E-state index in [0.29, 0.717) is 13.1 Å². The second kappa shape index (κ2) is 4.66. The van der Waals surface area contributed by atoms with E-state index in [4.69, 9.17) is 5.73 Å². The predicted molar refractivity (Wildman–Crippen MR) is 63.3 cm³/mol. The molecule has 0 fully saturated rings. The molecule has 2 aromatic rings. The van der Waals surface area contributed by atoms with Crippen molar-refractivity contribution in [1.82, 2.24) is 4.98 Å². The molecule has 2 N–H and O–H groups in total. The predicted octanol–water partition coefficient (Wildman–Crippen LogP) is 1.61. The summed E-state index contributed by atoms with van der Waals surface area (Å²) < 4.78 is 0. The van der Waals surface area contributed by atoms with Crippen molar-refractivity contribution in [3.05, 3.63) is 42.1 Å². The Morgan fingerprint density at radius 3 is 3.13 bits per heavy atom. The molecule has 2 rings (SSSR count). The Hall–Kier alpha value is -1.74. The third-order valence-corrected chi connectivity index (χ3v) is 2.13. The molecule has 0 saturated carbocycles. The van der Waals surface area contributed by atoms with E-state index in [9.17, 15) is 0 Å². The number of nitrogens with zero attached hydrogens (tertiary/aromatic N) is 2. The van der Waals surface area contributed by atoms with Crippen LogP contribution in [0.25, 0.3) is 10.9 Å². The molecule has 0 radical (unpaired) electrons. The summed E-state index contributed by atoms with van der Waals surface area (Å²) in [6.07, 6.45) is 3.64. The van der Waals surface area contributed by atoms with Crippen molar-refractivity contribution in [2.45, 2.75) is 0 Å². The van der Waals surface area contributed by atoms with Gasteiger partial charge in [-0.3, -0.25) is 9.98 Å². The summed E-state index contributed by atoms with van der Waals surface area (Å²) in [6.45, 7) is 1.26. The Bertz CT molecular complexity index is 477. The molecule has 0 bridgehead atoms. The van der Waals surface area contributed by atoms with Gasteiger partial charge in [-0.1, -0.05) is 12.1 Å². The number of hydrogen-bond donors (Lipinski definition) is 1. The monoisotopic (exact) mass is 199 g/mol. The van der Waals surface area contributed by atoms with Gasteiger partial charge in [0.1, 0.15) is 0 Å². The van der Waals surface area contributed by atoms with Crippen molar-refractivity contribution >= 4 is 17.1 Å². The molecular formula is C12H13N3. The van der Waals surface area contributed by atoms with Crippen LogP contribution in [0.4, 0.5) is 0 Å². The van der Waals surface area contributed by atoms with Crippen LogP contribution in [0.15, 0.2) is 41.5 Å². The van der Waals surface area contributed by atoms with E-state index in [1.54, 1.807) is 6.20 Å². The first-order chi connectivity index (χ1) is 7.40. The Morgan fingerprint density at radius 1 is 1.33 bits per heavy atom. The van der Waals surface area contributed by atoms with Gasteiger partial charge in [0, 0.05) is 24.3 Å². The van der Waals surface area contributed by atoms with Crippen LogP contribution >= 0.6 is 0 Å². The summed E-state index contributed by atoms with van der Waals surface area (Å²) in [5.41, 5.74) is 7.45. The van der Waals surface area contributed by atoms with Crippen molar-refractivity contribution in [1.29, 1.82) is 0 Å². The Kier molecular flexibility index (Phi) is 3.05. The highest BCUT2D eigenvalue weighted by Crippen LogP contribution is 2.11. The van der Waals surface area contributed by atoms with Gasteiger partial charge in [-0.2, -0.15) is 0 Å². The Labute approximate surface area is 88.7 Å². The third kappa shape index (κ3) is 2.39. The van der Waals surface area contributed by atoms with E-state index in [2.05, 4.69) is 16.0 Å². The SMILES string of the molecule is NCCN=Cc1ccc2ncccc2c1. The normalized spacial score (nSPS) is 11.3. The van der Waals surface area contributed by atoms with Gasteiger partial charge in [0.25, 0.3) is 0 Å². The Balaban J connectivity index is 2.30. The van der Waals surface area contributed by atoms with Crippen molar-refractivity contribution in [3.8, 4) is 0 Å². The van der Waals surface area contributed by atoms with E-state index in [1.165, 1.54) is 0 Å². The van der Waals surface area contributed by atoms with Crippen molar-refractivity contribution in [2.24, 2.45) is 10.7 Å². The van der Waals surface area contributed by atoms with Gasteiger partial charge >= 0.3 is 0 Å². The lowest BCUT2D eigenvalue weighted by atomic mass is 10.1. The molecule has 3 nitrogen and oxygen atoms in total. The van der Waals surface area contributed by atoms with Gasteiger partial charge in [-0.25, -0.2) is 0 Å². The van der Waals surface area contributed by atoms with Gasteiger partial charge in [0.2, 0.25) is 0 Å². The molecule has 0 atom stereocenters. The van der Waals surface area contributed by atoms with Crippen LogP contribution in [-0.4, -0.2) is 24.3 Å². The molecular weight excluding hydrogens is 186 g/mol. The summed E-state index contributed by atoms with van der Waals surface area (Å²) in [5.74, 6) is 0. The van der Waals surface area contributed by atoms with Crippen molar-refractivity contribution in [3.63, 3.8) is 0 Å². The van der Waals surface area contributed by atoms with E-state index >= 15 is 0 Å². The molecule has 1 aromatic carbocycles. The highest BCUT2D eigenvalue weighted by atomic mass is 14.7. The standard InChI is InChI=1S/C12H13N3/c13-5-7-14-9-10-3-4-12-11(8-10)2-1-6-15-12/h1-4,6,8-9H,5,7,13H2. The molecule has 0 spiro atoms. The molecule has 0 unspecified atom stereocenters. The lowest BCUT2D eigenvalue weighted by Crippen LogP contribution is -2.02. The number of pyridine rings is 1. The first-order valence-electron chi connectivity index (χ1n) is 4.95. The minimum atomic E-state index is 0.589. The number of aliphatic imine (C=N–C) groups is 1. The van der Waals surface area contributed by atoms with Gasteiger partial charge in [-0.05, 0) is 23.8 Å². The molecule has 3 heteroatoms. The van der Waals surface area contributed by atoms with Crippen LogP contribution in [0.5, 0.6) is 0 Å². The zero-order valence-electron chi connectivity index (χ0n) is 8.43. The van der Waals surface area contributed by atoms with Gasteiger partial charge < -0.3 is 5.73 Å². The van der Waals surface area contributed by atoms with Crippen LogP contribution in [0, 0.1) is 0 Å². The summed E-state index contributed by atoms with van der Waals surface area (Å²) in [5, 5.41) is 1.13. The van der Waals surface area contributed by atoms with E-state index in [1.807, 2.05) is 30.5 Å². The zero-order chi connectivity index (χ0) is 10.5. The summed E-state index contributed by atoms with van der Waals surface area (Å²) in [4.78, 5) is 8.45. The first kappa shape index (κ1) is 9.80. The average molecular weight is 199 g/mol. The summed E-state index contributed by atoms with van der Waals surface area (Å²) in [7, 11) is 0. The molecule has 1 heterocycles. The largest absolute Gasteiger partial charge is 0.329 e. The van der Waals surface area contributed by atoms with E-state index in [0.717, 1.165) is 16.5 Å². The minimum absolute atomic E-state index is 0.589. The van der Waals surface area contributed by atoms with Crippen molar-refractivity contribution in [2.75, 3.05) is 13.1 Å². The first-order valence-corrected chi connectivity index (χ1v) is 4.95. The van der Waals surface area contributed by atoms with Crippen LogP contribution in [-0.2, 0) is 0 Å². The molecule has 1 aromatic heterocycles. The number of hydrogen-bond acceptors (Lipinski definition) is 3. The number of fused-ring (bicyclic) bond motifs is 1. The molecule has 0 aliphatic heterocycles. The van der Waals surface area contributed by atoms with E-state index < -0.39 is 0 Å². The maximum Gasteiger partial charge on any atom is 0.0702 e. The molecule has 0 aliphatic rings. The summed E-state index contributed by atoms with van der Waals surface area (Å²) in [6, 6.07) is 10.1. The fourth-order valence-electron chi connectivity index (χ4n) is 1.42. The quantitative estimate of drug-likeness (QED) is 0.763. The van der Waals surface area contributed by atoms with Crippen LogP contribution in [0.2, 0.25) is 0 Å².